The van der Waals surface area contributed by atoms with Crippen LogP contribution in [-0.4, -0.2) is 66.1 Å². The van der Waals surface area contributed by atoms with Crippen molar-refractivity contribution < 1.29 is 17.9 Å². The van der Waals surface area contributed by atoms with Crippen LogP contribution < -0.4 is 9.47 Å². The lowest BCUT2D eigenvalue weighted by atomic mass is 9.97. The smallest absolute Gasteiger partial charge is 0.234 e. The van der Waals surface area contributed by atoms with Crippen LogP contribution in [0, 0.1) is 0 Å². The molecule has 11 heteroatoms. The van der Waals surface area contributed by atoms with E-state index in [9.17, 15) is 8.42 Å². The minimum absolute atomic E-state index is 0.128. The molecule has 150 valence electrons. The van der Waals surface area contributed by atoms with E-state index in [-0.39, 0.29) is 5.92 Å². The first-order valence-corrected chi connectivity index (χ1v) is 11.5. The summed E-state index contributed by atoms with van der Waals surface area (Å²) in [5.41, 5.74) is 0.879. The number of rotatable bonds is 5. The average molecular weight is 424 g/mol. The fourth-order valence-corrected chi connectivity index (χ4v) is 5.09. The number of aromatic nitrogens is 4. The number of ether oxygens (including phenoxy) is 2. The molecule has 4 rings (SSSR count). The first-order valence-electron chi connectivity index (χ1n) is 8.79. The fourth-order valence-electron chi connectivity index (χ4n) is 3.38. The van der Waals surface area contributed by atoms with Crippen LogP contribution in [0.2, 0.25) is 0 Å². The maximum absolute atomic E-state index is 11.7. The van der Waals surface area contributed by atoms with Gasteiger partial charge in [-0.25, -0.2) is 12.7 Å². The van der Waals surface area contributed by atoms with Crippen LogP contribution in [0.15, 0.2) is 18.2 Å². The van der Waals surface area contributed by atoms with Crippen molar-refractivity contribution in [2.24, 2.45) is 0 Å². The lowest BCUT2D eigenvalue weighted by molar-refractivity contribution is 0.313. The van der Waals surface area contributed by atoms with Gasteiger partial charge in [0.15, 0.2) is 5.82 Å². The molecule has 0 unspecified atom stereocenters. The Balaban J connectivity index is 1.63. The fraction of sp³-hybridized carbons (Fsp3) is 0.471. The third kappa shape index (κ3) is 3.56. The van der Waals surface area contributed by atoms with Crippen molar-refractivity contribution >= 4 is 26.3 Å². The predicted octanol–water partition coefficient (Wildman–Crippen LogP) is 2.01. The van der Waals surface area contributed by atoms with E-state index in [1.807, 2.05) is 18.2 Å². The highest BCUT2D eigenvalue weighted by Gasteiger charge is 2.29. The number of methoxy groups -OCH3 is 2. The van der Waals surface area contributed by atoms with Crippen molar-refractivity contribution in [1.82, 2.24) is 24.1 Å². The number of piperidine rings is 1. The van der Waals surface area contributed by atoms with Crippen molar-refractivity contribution in [3.05, 3.63) is 24.0 Å². The Morgan fingerprint density at radius 1 is 1.07 bits per heavy atom. The molecule has 0 spiro atoms. The van der Waals surface area contributed by atoms with Gasteiger partial charge in [-0.2, -0.15) is 9.61 Å². The number of nitrogens with zero attached hydrogens (tertiary/aromatic N) is 5. The molecule has 0 amide bonds. The average Bonchev–Trinajstić information content (AvgIpc) is 3.27. The largest absolute Gasteiger partial charge is 0.497 e. The number of fused-ring (bicyclic) bond motifs is 1. The Morgan fingerprint density at radius 3 is 2.29 bits per heavy atom. The van der Waals surface area contributed by atoms with E-state index in [1.165, 1.54) is 21.9 Å². The Bertz CT molecular complexity index is 1080. The molecular weight excluding hydrogens is 402 g/mol. The summed E-state index contributed by atoms with van der Waals surface area (Å²) < 4.78 is 37.4. The van der Waals surface area contributed by atoms with Crippen LogP contribution in [0.4, 0.5) is 0 Å². The Hall–Kier alpha value is -2.24. The Kier molecular flexibility index (Phi) is 4.98. The highest BCUT2D eigenvalue weighted by atomic mass is 32.2. The lowest BCUT2D eigenvalue weighted by Crippen LogP contribution is -2.37. The zero-order valence-corrected chi connectivity index (χ0v) is 17.5. The molecule has 1 aliphatic rings. The molecular formula is C17H21N5O4S2. The van der Waals surface area contributed by atoms with Gasteiger partial charge in [-0.1, -0.05) is 11.3 Å². The molecule has 0 saturated carbocycles. The molecule has 0 bridgehead atoms. The molecule has 0 N–H and O–H groups in total. The maximum atomic E-state index is 11.7. The van der Waals surface area contributed by atoms with Gasteiger partial charge in [-0.15, -0.1) is 10.2 Å². The molecule has 0 aliphatic carbocycles. The standard InChI is InChI=1S/C17H21N5O4S2/c1-25-13-8-12(9-14(10-13)26-2)16-20-22-15(18-19-17(22)27-16)11-4-6-21(7-5-11)28(3,23)24/h8-11H,4-7H2,1-3H3. The molecule has 1 fully saturated rings. The number of benzene rings is 1. The van der Waals surface area contributed by atoms with Gasteiger partial charge in [0.1, 0.15) is 16.5 Å². The van der Waals surface area contributed by atoms with E-state index in [2.05, 4.69) is 10.2 Å². The van der Waals surface area contributed by atoms with Crippen molar-refractivity contribution in [2.75, 3.05) is 33.6 Å². The molecule has 1 aromatic carbocycles. The van der Waals surface area contributed by atoms with Crippen LogP contribution in [0.25, 0.3) is 15.5 Å². The van der Waals surface area contributed by atoms with Crippen LogP contribution in [0.1, 0.15) is 24.6 Å². The zero-order valence-electron chi connectivity index (χ0n) is 15.8. The van der Waals surface area contributed by atoms with Crippen LogP contribution >= 0.6 is 11.3 Å². The van der Waals surface area contributed by atoms with Crippen molar-refractivity contribution in [3.63, 3.8) is 0 Å². The first-order chi connectivity index (χ1) is 13.4. The van der Waals surface area contributed by atoms with Gasteiger partial charge < -0.3 is 9.47 Å². The van der Waals surface area contributed by atoms with E-state index < -0.39 is 10.0 Å². The summed E-state index contributed by atoms with van der Waals surface area (Å²) in [5.74, 6) is 2.28. The summed E-state index contributed by atoms with van der Waals surface area (Å²) in [6.45, 7) is 0.977. The summed E-state index contributed by atoms with van der Waals surface area (Å²) in [5, 5.41) is 14.1. The minimum Gasteiger partial charge on any atom is -0.497 e. The van der Waals surface area contributed by atoms with Gasteiger partial charge in [-0.05, 0) is 25.0 Å². The highest BCUT2D eigenvalue weighted by molar-refractivity contribution is 7.88. The van der Waals surface area contributed by atoms with Gasteiger partial charge in [0.25, 0.3) is 0 Å². The van der Waals surface area contributed by atoms with E-state index in [0.29, 0.717) is 42.4 Å². The van der Waals surface area contributed by atoms with Crippen LogP contribution in [-0.2, 0) is 10.0 Å². The van der Waals surface area contributed by atoms with Gasteiger partial charge in [0.05, 0.1) is 20.5 Å². The molecule has 1 saturated heterocycles. The predicted molar refractivity (Wildman–Crippen MR) is 106 cm³/mol. The van der Waals surface area contributed by atoms with Gasteiger partial charge in [0.2, 0.25) is 15.0 Å². The molecule has 1 aliphatic heterocycles. The van der Waals surface area contributed by atoms with E-state index in [0.717, 1.165) is 16.4 Å². The maximum Gasteiger partial charge on any atom is 0.234 e. The number of hydrogen-bond donors (Lipinski definition) is 0. The zero-order chi connectivity index (χ0) is 19.9. The normalized spacial score (nSPS) is 16.5. The third-order valence-electron chi connectivity index (χ3n) is 4.90. The van der Waals surface area contributed by atoms with Crippen molar-refractivity contribution in [2.45, 2.75) is 18.8 Å². The highest BCUT2D eigenvalue weighted by Crippen LogP contribution is 2.34. The van der Waals surface area contributed by atoms with Gasteiger partial charge in [0, 0.05) is 30.6 Å². The van der Waals surface area contributed by atoms with E-state index in [1.54, 1.807) is 18.7 Å². The summed E-state index contributed by atoms with van der Waals surface area (Å²) in [6.07, 6.45) is 2.65. The molecule has 28 heavy (non-hydrogen) atoms. The number of sulfonamides is 1. The second-order valence-corrected chi connectivity index (χ2v) is 9.64. The third-order valence-corrected chi connectivity index (χ3v) is 7.15. The van der Waals surface area contributed by atoms with Crippen molar-refractivity contribution in [1.29, 1.82) is 0 Å². The van der Waals surface area contributed by atoms with Crippen LogP contribution in [0.5, 0.6) is 11.5 Å². The Labute approximate surface area is 167 Å². The molecule has 3 heterocycles. The second-order valence-electron chi connectivity index (χ2n) is 6.70. The molecule has 0 radical (unpaired) electrons. The minimum atomic E-state index is -3.15. The van der Waals surface area contributed by atoms with E-state index in [4.69, 9.17) is 14.6 Å². The quantitative estimate of drug-likeness (QED) is 0.619. The van der Waals surface area contributed by atoms with E-state index >= 15 is 0 Å². The molecule has 9 nitrogen and oxygen atoms in total. The Morgan fingerprint density at radius 2 is 1.71 bits per heavy atom. The van der Waals surface area contributed by atoms with Gasteiger partial charge >= 0.3 is 0 Å². The van der Waals surface area contributed by atoms with Crippen molar-refractivity contribution in [3.8, 4) is 22.1 Å². The summed E-state index contributed by atoms with van der Waals surface area (Å²) >= 11 is 1.44. The number of hydrogen-bond acceptors (Lipinski definition) is 8. The molecule has 3 aromatic rings. The topological polar surface area (TPSA) is 98.9 Å². The summed E-state index contributed by atoms with van der Waals surface area (Å²) in [6, 6.07) is 5.61. The molecule has 2 aromatic heterocycles. The van der Waals surface area contributed by atoms with Gasteiger partial charge in [-0.3, -0.25) is 0 Å². The van der Waals surface area contributed by atoms with Crippen LogP contribution in [0.3, 0.4) is 0 Å². The first kappa shape index (κ1) is 19.1. The lowest BCUT2D eigenvalue weighted by Gasteiger charge is -2.28. The summed E-state index contributed by atoms with van der Waals surface area (Å²) in [7, 11) is 0.0659. The monoisotopic (exact) mass is 423 g/mol. The SMILES string of the molecule is COc1cc(OC)cc(-c2nn3c(C4CCN(S(C)(=O)=O)CC4)nnc3s2)c1. The second kappa shape index (κ2) is 7.30. The summed E-state index contributed by atoms with van der Waals surface area (Å²) in [4.78, 5) is 0.706. The molecule has 0 atom stereocenters.